The minimum absolute atomic E-state index is 0.0914. The van der Waals surface area contributed by atoms with Crippen LogP contribution >= 0.6 is 0 Å². The second-order valence-electron chi connectivity index (χ2n) is 3.72. The van der Waals surface area contributed by atoms with Gasteiger partial charge in [-0.15, -0.1) is 5.10 Å². The number of rotatable bonds is 2. The highest BCUT2D eigenvalue weighted by Gasteiger charge is 2.39. The number of nitrogens with zero attached hydrogens (tertiary/aromatic N) is 3. The molecule has 1 aliphatic rings. The molecule has 66 valence electrons. The molecular formula is C8H14N4. The van der Waals surface area contributed by atoms with E-state index in [1.54, 1.807) is 4.68 Å². The summed E-state index contributed by atoms with van der Waals surface area (Å²) in [6.07, 6.45) is 3.13. The molecule has 2 rings (SSSR count). The van der Waals surface area contributed by atoms with Crippen molar-refractivity contribution in [3.63, 3.8) is 0 Å². The fraction of sp³-hybridized carbons (Fsp3) is 0.750. The third-order valence-corrected chi connectivity index (χ3v) is 2.59. The summed E-state index contributed by atoms with van der Waals surface area (Å²) in [6, 6.07) is 0.0914. The average molecular weight is 166 g/mol. The van der Waals surface area contributed by atoms with Gasteiger partial charge in [0.05, 0.1) is 11.7 Å². The lowest BCUT2D eigenvalue weighted by atomic mass is 10.1. The van der Waals surface area contributed by atoms with Crippen molar-refractivity contribution in [2.75, 3.05) is 0 Å². The van der Waals surface area contributed by atoms with Gasteiger partial charge >= 0.3 is 0 Å². The fourth-order valence-electron chi connectivity index (χ4n) is 1.59. The summed E-state index contributed by atoms with van der Waals surface area (Å²) < 4.78 is 1.70. The van der Waals surface area contributed by atoms with Gasteiger partial charge in [-0.25, -0.2) is 0 Å². The monoisotopic (exact) mass is 166 g/mol. The Bertz CT molecular complexity index is 280. The van der Waals surface area contributed by atoms with Crippen LogP contribution in [0, 0.1) is 11.8 Å². The molecule has 0 aliphatic heterocycles. The van der Waals surface area contributed by atoms with Crippen molar-refractivity contribution >= 4 is 0 Å². The third kappa shape index (κ3) is 1.22. The number of nitrogens with two attached hydrogens (primary N) is 1. The van der Waals surface area contributed by atoms with E-state index < -0.39 is 0 Å². The molecule has 0 aromatic carbocycles. The van der Waals surface area contributed by atoms with Gasteiger partial charge < -0.3 is 5.73 Å². The molecule has 0 amide bonds. The van der Waals surface area contributed by atoms with E-state index in [0.717, 1.165) is 11.6 Å². The molecule has 3 unspecified atom stereocenters. The zero-order chi connectivity index (χ0) is 8.72. The largest absolute Gasteiger partial charge is 0.322 e. The maximum atomic E-state index is 5.99. The van der Waals surface area contributed by atoms with E-state index in [1.807, 2.05) is 13.2 Å². The van der Waals surface area contributed by atoms with Crippen molar-refractivity contribution in [3.05, 3.63) is 11.9 Å². The van der Waals surface area contributed by atoms with Gasteiger partial charge in [-0.2, -0.15) is 0 Å². The highest BCUT2D eigenvalue weighted by molar-refractivity contribution is 5.06. The summed E-state index contributed by atoms with van der Waals surface area (Å²) in [6.45, 7) is 2.22. The second-order valence-corrected chi connectivity index (χ2v) is 3.72. The molecule has 0 bridgehead atoms. The van der Waals surface area contributed by atoms with Gasteiger partial charge in [0.2, 0.25) is 0 Å². The van der Waals surface area contributed by atoms with Crippen LogP contribution in [0.2, 0.25) is 0 Å². The Morgan fingerprint density at radius 3 is 2.83 bits per heavy atom. The predicted molar refractivity (Wildman–Crippen MR) is 45.2 cm³/mol. The van der Waals surface area contributed by atoms with Crippen LogP contribution in [0.5, 0.6) is 0 Å². The first-order valence-corrected chi connectivity index (χ1v) is 4.30. The van der Waals surface area contributed by atoms with Crippen molar-refractivity contribution in [2.45, 2.75) is 19.4 Å². The standard InChI is InChI=1S/C8H14N4/c1-5-3-6(5)8(9)7-4-12(2)11-10-7/h4-6,8H,3,9H2,1-2H3. The quantitative estimate of drug-likeness (QED) is 0.694. The maximum absolute atomic E-state index is 5.99. The third-order valence-electron chi connectivity index (χ3n) is 2.59. The Balaban J connectivity index is 2.09. The van der Waals surface area contributed by atoms with E-state index in [9.17, 15) is 0 Å². The van der Waals surface area contributed by atoms with Crippen LogP contribution in [0.1, 0.15) is 25.1 Å². The summed E-state index contributed by atoms with van der Waals surface area (Å²) in [5.41, 5.74) is 6.91. The van der Waals surface area contributed by atoms with E-state index in [4.69, 9.17) is 5.73 Å². The number of hydrogen-bond donors (Lipinski definition) is 1. The minimum atomic E-state index is 0.0914. The summed E-state index contributed by atoms with van der Waals surface area (Å²) in [5, 5.41) is 7.86. The van der Waals surface area contributed by atoms with E-state index in [2.05, 4.69) is 17.2 Å². The number of hydrogen-bond acceptors (Lipinski definition) is 3. The van der Waals surface area contributed by atoms with Crippen molar-refractivity contribution in [2.24, 2.45) is 24.6 Å². The Kier molecular flexibility index (Phi) is 1.65. The zero-order valence-corrected chi connectivity index (χ0v) is 7.44. The first-order chi connectivity index (χ1) is 5.68. The van der Waals surface area contributed by atoms with Crippen LogP contribution in [0.4, 0.5) is 0 Å². The minimum Gasteiger partial charge on any atom is -0.322 e. The van der Waals surface area contributed by atoms with Crippen LogP contribution in [0.3, 0.4) is 0 Å². The van der Waals surface area contributed by atoms with Gasteiger partial charge in [0, 0.05) is 13.2 Å². The topological polar surface area (TPSA) is 56.7 Å². The Hall–Kier alpha value is -0.900. The lowest BCUT2D eigenvalue weighted by molar-refractivity contribution is 0.576. The molecule has 0 saturated heterocycles. The van der Waals surface area contributed by atoms with Gasteiger partial charge in [0.25, 0.3) is 0 Å². The molecule has 1 heterocycles. The SMILES string of the molecule is CC1CC1C(N)c1cn(C)nn1. The molecule has 1 saturated carbocycles. The van der Waals surface area contributed by atoms with E-state index in [1.165, 1.54) is 6.42 Å². The van der Waals surface area contributed by atoms with Crippen LogP contribution in [0.15, 0.2) is 6.20 Å². The smallest absolute Gasteiger partial charge is 0.0996 e. The molecule has 12 heavy (non-hydrogen) atoms. The van der Waals surface area contributed by atoms with Crippen molar-refractivity contribution in [1.29, 1.82) is 0 Å². The summed E-state index contributed by atoms with van der Waals surface area (Å²) in [7, 11) is 1.86. The normalized spacial score (nSPS) is 30.2. The van der Waals surface area contributed by atoms with Crippen molar-refractivity contribution < 1.29 is 0 Å². The molecule has 0 spiro atoms. The lowest BCUT2D eigenvalue weighted by Gasteiger charge is -2.04. The summed E-state index contributed by atoms with van der Waals surface area (Å²) >= 11 is 0. The summed E-state index contributed by atoms with van der Waals surface area (Å²) in [5.74, 6) is 1.39. The highest BCUT2D eigenvalue weighted by atomic mass is 15.4. The molecule has 4 heteroatoms. The van der Waals surface area contributed by atoms with E-state index >= 15 is 0 Å². The van der Waals surface area contributed by atoms with Gasteiger partial charge in [0.15, 0.2) is 0 Å². The molecule has 4 nitrogen and oxygen atoms in total. The molecular weight excluding hydrogens is 152 g/mol. The van der Waals surface area contributed by atoms with Gasteiger partial charge in [-0.05, 0) is 18.3 Å². The Morgan fingerprint density at radius 1 is 1.75 bits per heavy atom. The maximum Gasteiger partial charge on any atom is 0.0996 e. The molecule has 1 fully saturated rings. The van der Waals surface area contributed by atoms with Crippen LogP contribution in [-0.4, -0.2) is 15.0 Å². The average Bonchev–Trinajstić information content (AvgIpc) is 2.58. The molecule has 3 atom stereocenters. The van der Waals surface area contributed by atoms with E-state index in [-0.39, 0.29) is 6.04 Å². The zero-order valence-electron chi connectivity index (χ0n) is 7.44. The lowest BCUT2D eigenvalue weighted by Crippen LogP contribution is -2.13. The molecule has 1 aromatic heterocycles. The predicted octanol–water partition coefficient (Wildman–Crippen LogP) is 0.471. The first kappa shape index (κ1) is 7.73. The molecule has 2 N–H and O–H groups in total. The fourth-order valence-corrected chi connectivity index (χ4v) is 1.59. The highest BCUT2D eigenvalue weighted by Crippen LogP contribution is 2.45. The van der Waals surface area contributed by atoms with Crippen LogP contribution in [0.25, 0.3) is 0 Å². The summed E-state index contributed by atoms with van der Waals surface area (Å²) in [4.78, 5) is 0. The molecule has 1 aromatic rings. The van der Waals surface area contributed by atoms with Crippen molar-refractivity contribution in [1.82, 2.24) is 15.0 Å². The van der Waals surface area contributed by atoms with Crippen LogP contribution in [-0.2, 0) is 7.05 Å². The Labute approximate surface area is 71.8 Å². The number of aryl methyl sites for hydroxylation is 1. The molecule has 0 radical (unpaired) electrons. The first-order valence-electron chi connectivity index (χ1n) is 4.30. The van der Waals surface area contributed by atoms with Gasteiger partial charge in [0.1, 0.15) is 0 Å². The second kappa shape index (κ2) is 2.55. The van der Waals surface area contributed by atoms with E-state index in [0.29, 0.717) is 5.92 Å². The van der Waals surface area contributed by atoms with Crippen molar-refractivity contribution in [3.8, 4) is 0 Å². The van der Waals surface area contributed by atoms with Gasteiger partial charge in [-0.3, -0.25) is 4.68 Å². The molecule has 1 aliphatic carbocycles. The van der Waals surface area contributed by atoms with Crippen LogP contribution < -0.4 is 5.73 Å². The number of aromatic nitrogens is 3. The van der Waals surface area contributed by atoms with Gasteiger partial charge in [-0.1, -0.05) is 12.1 Å². The Morgan fingerprint density at radius 2 is 2.42 bits per heavy atom.